The third-order valence-electron chi connectivity index (χ3n) is 5.68. The van der Waals surface area contributed by atoms with Crippen molar-refractivity contribution in [3.05, 3.63) is 47.7 Å². The van der Waals surface area contributed by atoms with Crippen LogP contribution in [0.1, 0.15) is 18.4 Å². The molecule has 1 saturated heterocycles. The summed E-state index contributed by atoms with van der Waals surface area (Å²) < 4.78 is 10.7. The Hall–Kier alpha value is -2.21. The molecule has 0 saturated carbocycles. The summed E-state index contributed by atoms with van der Waals surface area (Å²) in [5, 5.41) is 3.13. The monoisotopic (exact) mass is 368 g/mol. The number of nitrogens with one attached hydrogen (secondary N) is 1. The SMILES string of the molecule is O=C(NCc1ccc2c(c1)OCO2)C1CS[C@@]23CC=CC=C2N=CCC13. The summed E-state index contributed by atoms with van der Waals surface area (Å²) in [6.07, 6.45) is 10.2. The molecule has 3 aliphatic heterocycles. The Morgan fingerprint density at radius 1 is 1.35 bits per heavy atom. The molecule has 2 unspecified atom stereocenters. The van der Waals surface area contributed by atoms with Gasteiger partial charge >= 0.3 is 0 Å². The minimum Gasteiger partial charge on any atom is -0.454 e. The van der Waals surface area contributed by atoms with Crippen LogP contribution in [-0.2, 0) is 11.3 Å². The van der Waals surface area contributed by atoms with Crippen LogP contribution in [0.15, 0.2) is 47.1 Å². The zero-order valence-electron chi connectivity index (χ0n) is 14.3. The largest absolute Gasteiger partial charge is 0.454 e. The first-order valence-corrected chi connectivity index (χ1v) is 9.95. The Morgan fingerprint density at radius 3 is 3.23 bits per heavy atom. The number of hydrogen-bond donors (Lipinski definition) is 1. The molecule has 0 bridgehead atoms. The van der Waals surface area contributed by atoms with Crippen molar-refractivity contribution in [2.75, 3.05) is 12.5 Å². The van der Waals surface area contributed by atoms with Gasteiger partial charge in [-0.15, -0.1) is 11.8 Å². The molecular weight excluding hydrogens is 348 g/mol. The Kier molecular flexibility index (Phi) is 3.81. The van der Waals surface area contributed by atoms with E-state index in [1.165, 1.54) is 0 Å². The summed E-state index contributed by atoms with van der Waals surface area (Å²) in [6, 6.07) is 5.81. The molecular formula is C20H20N2O3S. The number of ether oxygens (including phenoxy) is 2. The van der Waals surface area contributed by atoms with E-state index in [-0.39, 0.29) is 23.4 Å². The van der Waals surface area contributed by atoms with E-state index in [1.54, 1.807) is 0 Å². The number of aliphatic imine (C=N–C) groups is 1. The molecule has 6 heteroatoms. The van der Waals surface area contributed by atoms with Crippen LogP contribution in [-0.4, -0.2) is 29.4 Å². The summed E-state index contributed by atoms with van der Waals surface area (Å²) in [5.41, 5.74) is 2.15. The Morgan fingerprint density at radius 2 is 2.27 bits per heavy atom. The Bertz CT molecular complexity index is 847. The Labute approximate surface area is 156 Å². The van der Waals surface area contributed by atoms with E-state index in [0.29, 0.717) is 12.5 Å². The fourth-order valence-corrected chi connectivity index (χ4v) is 6.13. The highest BCUT2D eigenvalue weighted by molar-refractivity contribution is 8.01. The van der Waals surface area contributed by atoms with E-state index in [1.807, 2.05) is 36.2 Å². The fourth-order valence-electron chi connectivity index (χ4n) is 4.31. The number of amides is 1. The van der Waals surface area contributed by atoms with Gasteiger partial charge in [-0.1, -0.05) is 18.2 Å². The molecule has 1 spiro atoms. The van der Waals surface area contributed by atoms with Gasteiger partial charge < -0.3 is 14.8 Å². The molecule has 4 aliphatic rings. The fraction of sp³-hybridized carbons (Fsp3) is 0.400. The lowest BCUT2D eigenvalue weighted by Gasteiger charge is -2.39. The van der Waals surface area contributed by atoms with E-state index in [2.05, 4.69) is 28.5 Å². The van der Waals surface area contributed by atoms with Crippen molar-refractivity contribution in [2.24, 2.45) is 16.8 Å². The predicted octanol–water partition coefficient (Wildman–Crippen LogP) is 3.07. The molecule has 0 radical (unpaired) electrons. The van der Waals surface area contributed by atoms with Gasteiger partial charge in [-0.3, -0.25) is 9.79 Å². The van der Waals surface area contributed by atoms with E-state index in [0.717, 1.165) is 41.4 Å². The number of rotatable bonds is 3. The third kappa shape index (κ3) is 2.47. The number of carbonyl (C=O) groups is 1. The van der Waals surface area contributed by atoms with Gasteiger partial charge in [0.15, 0.2) is 11.5 Å². The molecule has 5 rings (SSSR count). The van der Waals surface area contributed by atoms with Crippen LogP contribution in [0, 0.1) is 11.8 Å². The van der Waals surface area contributed by atoms with Gasteiger partial charge in [0.1, 0.15) is 0 Å². The summed E-state index contributed by atoms with van der Waals surface area (Å²) >= 11 is 1.90. The topological polar surface area (TPSA) is 59.9 Å². The standard InChI is InChI=1S/C20H20N2O3S/c23-19(22-10-13-4-5-16-17(9-13)25-12-24-16)14-11-26-20-7-2-1-3-18(20)21-8-6-15(14)20/h1-5,8-9,14-15H,6-7,10-12H2,(H,22,23)/t14?,15?,20-/m1/s1. The summed E-state index contributed by atoms with van der Waals surface area (Å²) in [6.45, 7) is 0.771. The molecule has 1 fully saturated rings. The lowest BCUT2D eigenvalue weighted by atomic mass is 9.73. The molecule has 3 atom stereocenters. The lowest BCUT2D eigenvalue weighted by molar-refractivity contribution is -0.126. The Balaban J connectivity index is 1.29. The third-order valence-corrected chi connectivity index (χ3v) is 7.40. The van der Waals surface area contributed by atoms with Crippen LogP contribution in [0.2, 0.25) is 0 Å². The maximum Gasteiger partial charge on any atom is 0.231 e. The normalized spacial score (nSPS) is 30.5. The van der Waals surface area contributed by atoms with Crippen LogP contribution < -0.4 is 14.8 Å². The number of carbonyl (C=O) groups excluding carboxylic acids is 1. The van der Waals surface area contributed by atoms with Crippen LogP contribution >= 0.6 is 11.8 Å². The number of hydrogen-bond acceptors (Lipinski definition) is 5. The summed E-state index contributed by atoms with van der Waals surface area (Å²) in [4.78, 5) is 17.5. The van der Waals surface area contributed by atoms with E-state index in [9.17, 15) is 4.79 Å². The van der Waals surface area contributed by atoms with Gasteiger partial charge in [0.2, 0.25) is 12.7 Å². The smallest absolute Gasteiger partial charge is 0.231 e. The highest BCUT2D eigenvalue weighted by Crippen LogP contribution is 2.57. The number of nitrogens with zero attached hydrogens (tertiary/aromatic N) is 1. The first-order valence-electron chi connectivity index (χ1n) is 8.96. The minimum absolute atomic E-state index is 0.00967. The average Bonchev–Trinajstić information content (AvgIpc) is 3.29. The zero-order chi connectivity index (χ0) is 17.6. The van der Waals surface area contributed by atoms with Crippen LogP contribution in [0.4, 0.5) is 0 Å². The number of thioether (sulfide) groups is 1. The molecule has 1 amide bonds. The first kappa shape index (κ1) is 16.0. The lowest BCUT2D eigenvalue weighted by Crippen LogP contribution is -2.43. The molecule has 5 nitrogen and oxygen atoms in total. The highest BCUT2D eigenvalue weighted by atomic mass is 32.2. The van der Waals surface area contributed by atoms with Crippen molar-refractivity contribution in [1.29, 1.82) is 0 Å². The van der Waals surface area contributed by atoms with Gasteiger partial charge in [-0.05, 0) is 42.5 Å². The zero-order valence-corrected chi connectivity index (χ0v) is 15.1. The van der Waals surface area contributed by atoms with Crippen molar-refractivity contribution in [2.45, 2.75) is 24.1 Å². The number of allylic oxidation sites excluding steroid dienone is 3. The molecule has 1 aromatic rings. The van der Waals surface area contributed by atoms with Gasteiger partial charge in [-0.2, -0.15) is 0 Å². The average molecular weight is 368 g/mol. The van der Waals surface area contributed by atoms with Crippen molar-refractivity contribution in [3.63, 3.8) is 0 Å². The highest BCUT2D eigenvalue weighted by Gasteiger charge is 2.54. The number of benzene rings is 1. The van der Waals surface area contributed by atoms with Gasteiger partial charge in [0, 0.05) is 18.5 Å². The second kappa shape index (κ2) is 6.20. The number of fused-ring (bicyclic) bond motifs is 1. The maximum absolute atomic E-state index is 12.9. The molecule has 26 heavy (non-hydrogen) atoms. The van der Waals surface area contributed by atoms with Gasteiger partial charge in [0.25, 0.3) is 0 Å². The van der Waals surface area contributed by atoms with Gasteiger partial charge in [0.05, 0.1) is 16.4 Å². The predicted molar refractivity (Wildman–Crippen MR) is 102 cm³/mol. The van der Waals surface area contributed by atoms with Crippen molar-refractivity contribution < 1.29 is 14.3 Å². The minimum atomic E-state index is -0.00967. The molecule has 3 heterocycles. The molecule has 1 aromatic carbocycles. The second-order valence-corrected chi connectivity index (χ2v) is 8.40. The van der Waals surface area contributed by atoms with E-state index >= 15 is 0 Å². The summed E-state index contributed by atoms with van der Waals surface area (Å²) in [7, 11) is 0. The quantitative estimate of drug-likeness (QED) is 0.891. The first-order chi connectivity index (χ1) is 12.8. The molecule has 134 valence electrons. The second-order valence-electron chi connectivity index (χ2n) is 7.05. The van der Waals surface area contributed by atoms with Crippen LogP contribution in [0.5, 0.6) is 11.5 Å². The van der Waals surface area contributed by atoms with Crippen molar-refractivity contribution in [1.82, 2.24) is 5.32 Å². The van der Waals surface area contributed by atoms with E-state index in [4.69, 9.17) is 9.47 Å². The van der Waals surface area contributed by atoms with Crippen molar-refractivity contribution in [3.8, 4) is 11.5 Å². The summed E-state index contributed by atoms with van der Waals surface area (Å²) in [5.74, 6) is 2.85. The molecule has 1 N–H and O–H groups in total. The van der Waals surface area contributed by atoms with Crippen LogP contribution in [0.3, 0.4) is 0 Å². The van der Waals surface area contributed by atoms with Crippen molar-refractivity contribution >= 4 is 23.9 Å². The molecule has 1 aliphatic carbocycles. The maximum atomic E-state index is 12.9. The van der Waals surface area contributed by atoms with E-state index < -0.39 is 0 Å². The van der Waals surface area contributed by atoms with Crippen LogP contribution in [0.25, 0.3) is 0 Å². The van der Waals surface area contributed by atoms with Gasteiger partial charge in [-0.25, -0.2) is 0 Å². The molecule has 0 aromatic heterocycles.